The van der Waals surface area contributed by atoms with E-state index in [2.05, 4.69) is 0 Å². The van der Waals surface area contributed by atoms with Gasteiger partial charge in [0.2, 0.25) is 0 Å². The Morgan fingerprint density at radius 1 is 0.848 bits per heavy atom. The maximum atomic E-state index is 13.0. The molecule has 0 spiro atoms. The van der Waals surface area contributed by atoms with Crippen molar-refractivity contribution in [1.29, 1.82) is 0 Å². The summed E-state index contributed by atoms with van der Waals surface area (Å²) in [7, 11) is 4.08. The summed E-state index contributed by atoms with van der Waals surface area (Å²) in [5, 5.41) is 0. The molecule has 2 atom stereocenters. The Balaban J connectivity index is 1.85. The summed E-state index contributed by atoms with van der Waals surface area (Å²) < 4.78 is 20.9. The number of methoxy groups -OCH3 is 3. The molecule has 0 fully saturated rings. The van der Waals surface area contributed by atoms with Crippen molar-refractivity contribution >= 4 is 17.9 Å². The third kappa shape index (κ3) is 5.25. The normalized spacial score (nSPS) is 17.7. The lowest BCUT2D eigenvalue weighted by molar-refractivity contribution is -0.173. The van der Waals surface area contributed by atoms with Crippen molar-refractivity contribution in [3.05, 3.63) is 77.9 Å². The number of hydrogen-bond acceptors (Lipinski definition) is 7. The van der Waals surface area contributed by atoms with Crippen molar-refractivity contribution < 1.29 is 33.3 Å². The van der Waals surface area contributed by atoms with Crippen LogP contribution < -0.4 is 4.74 Å². The fraction of sp³-hybridized carbons (Fsp3) is 0.346. The predicted octanol–water partition coefficient (Wildman–Crippen LogP) is 3.76. The number of rotatable bonds is 8. The molecule has 7 heteroatoms. The third-order valence-electron chi connectivity index (χ3n) is 5.96. The van der Waals surface area contributed by atoms with Gasteiger partial charge in [0.25, 0.3) is 0 Å². The zero-order valence-electron chi connectivity index (χ0n) is 19.0. The molecule has 0 heterocycles. The first-order chi connectivity index (χ1) is 15.9. The summed E-state index contributed by atoms with van der Waals surface area (Å²) in [6.45, 7) is 0. The minimum atomic E-state index is -1.57. The molecule has 0 unspecified atom stereocenters. The Bertz CT molecular complexity index is 979. The van der Waals surface area contributed by atoms with Crippen LogP contribution in [0.2, 0.25) is 0 Å². The van der Waals surface area contributed by atoms with Gasteiger partial charge >= 0.3 is 17.9 Å². The molecular formula is C26H28O7. The minimum absolute atomic E-state index is 0.0970. The SMILES string of the molecule is COC(=O)C(Cc1ccc(OC)cc1)(C(=O)OC)[C@@H]1C=C[C@H](OC(=O)c2ccccc2)CC1. The topological polar surface area (TPSA) is 88.1 Å². The summed E-state index contributed by atoms with van der Waals surface area (Å²) in [6.07, 6.45) is 4.01. The van der Waals surface area contributed by atoms with Crippen LogP contribution in [0.25, 0.3) is 0 Å². The molecule has 0 bridgehead atoms. The number of allylic oxidation sites excluding steroid dienone is 1. The second-order valence-corrected chi connectivity index (χ2v) is 7.86. The van der Waals surface area contributed by atoms with Crippen molar-refractivity contribution in [1.82, 2.24) is 0 Å². The van der Waals surface area contributed by atoms with Crippen LogP contribution in [0.4, 0.5) is 0 Å². The third-order valence-corrected chi connectivity index (χ3v) is 5.96. The summed E-state index contributed by atoms with van der Waals surface area (Å²) in [5.41, 5.74) is -0.341. The van der Waals surface area contributed by atoms with Gasteiger partial charge in [0.15, 0.2) is 5.41 Å². The van der Waals surface area contributed by atoms with Crippen LogP contribution in [0.15, 0.2) is 66.7 Å². The maximum Gasteiger partial charge on any atom is 0.338 e. The van der Waals surface area contributed by atoms with Gasteiger partial charge in [-0.25, -0.2) is 4.79 Å². The van der Waals surface area contributed by atoms with E-state index in [1.165, 1.54) is 14.2 Å². The number of hydrogen-bond donors (Lipinski definition) is 0. The quantitative estimate of drug-likeness (QED) is 0.261. The van der Waals surface area contributed by atoms with E-state index in [0.29, 0.717) is 24.2 Å². The first kappa shape index (κ1) is 24.0. The smallest absolute Gasteiger partial charge is 0.338 e. The van der Waals surface area contributed by atoms with Crippen molar-refractivity contribution in [2.45, 2.75) is 25.4 Å². The molecule has 2 aromatic rings. The molecule has 7 nitrogen and oxygen atoms in total. The van der Waals surface area contributed by atoms with Gasteiger partial charge < -0.3 is 18.9 Å². The maximum absolute atomic E-state index is 13.0. The zero-order chi connectivity index (χ0) is 23.8. The number of esters is 3. The number of carbonyl (C=O) groups excluding carboxylic acids is 3. The Morgan fingerprint density at radius 3 is 2.00 bits per heavy atom. The Kier molecular flexibility index (Phi) is 7.87. The highest BCUT2D eigenvalue weighted by molar-refractivity contribution is 6.01. The fourth-order valence-electron chi connectivity index (χ4n) is 4.17. The van der Waals surface area contributed by atoms with Crippen LogP contribution in [0.5, 0.6) is 5.75 Å². The lowest BCUT2D eigenvalue weighted by Crippen LogP contribution is -2.49. The lowest BCUT2D eigenvalue weighted by atomic mass is 9.67. The highest BCUT2D eigenvalue weighted by Crippen LogP contribution is 2.41. The predicted molar refractivity (Wildman–Crippen MR) is 121 cm³/mol. The lowest BCUT2D eigenvalue weighted by Gasteiger charge is -2.36. The van der Waals surface area contributed by atoms with E-state index in [1.54, 1.807) is 67.8 Å². The molecule has 0 amide bonds. The molecule has 2 aromatic carbocycles. The largest absolute Gasteiger partial charge is 0.497 e. The molecule has 1 aliphatic carbocycles. The molecule has 174 valence electrons. The molecule has 0 aliphatic heterocycles. The second-order valence-electron chi connectivity index (χ2n) is 7.86. The Morgan fingerprint density at radius 2 is 1.48 bits per heavy atom. The van der Waals surface area contributed by atoms with E-state index in [-0.39, 0.29) is 6.42 Å². The molecule has 0 aromatic heterocycles. The van der Waals surface area contributed by atoms with Gasteiger partial charge in [-0.15, -0.1) is 0 Å². The van der Waals surface area contributed by atoms with E-state index in [4.69, 9.17) is 18.9 Å². The van der Waals surface area contributed by atoms with Crippen molar-refractivity contribution in [3.8, 4) is 5.75 Å². The van der Waals surface area contributed by atoms with Gasteiger partial charge in [-0.05, 0) is 55.2 Å². The van der Waals surface area contributed by atoms with Crippen LogP contribution in [-0.4, -0.2) is 45.3 Å². The number of ether oxygens (including phenoxy) is 4. The molecular weight excluding hydrogens is 424 g/mol. The van der Waals surface area contributed by atoms with Gasteiger partial charge in [0.1, 0.15) is 11.9 Å². The molecule has 0 saturated heterocycles. The van der Waals surface area contributed by atoms with E-state index < -0.39 is 35.3 Å². The number of carbonyl (C=O) groups is 3. The summed E-state index contributed by atoms with van der Waals surface area (Å²) in [5.74, 6) is -1.58. The van der Waals surface area contributed by atoms with E-state index in [9.17, 15) is 14.4 Å². The molecule has 3 rings (SSSR count). The fourth-order valence-corrected chi connectivity index (χ4v) is 4.17. The zero-order valence-corrected chi connectivity index (χ0v) is 19.0. The molecule has 0 radical (unpaired) electrons. The average Bonchev–Trinajstić information content (AvgIpc) is 2.87. The van der Waals surface area contributed by atoms with E-state index in [1.807, 2.05) is 6.07 Å². The highest BCUT2D eigenvalue weighted by atomic mass is 16.5. The molecule has 0 N–H and O–H groups in total. The van der Waals surface area contributed by atoms with Crippen LogP contribution in [0.1, 0.15) is 28.8 Å². The first-order valence-corrected chi connectivity index (χ1v) is 10.7. The molecule has 33 heavy (non-hydrogen) atoms. The Labute approximate surface area is 193 Å². The summed E-state index contributed by atoms with van der Waals surface area (Å²) in [4.78, 5) is 38.5. The highest BCUT2D eigenvalue weighted by Gasteiger charge is 2.54. The Hall–Kier alpha value is -3.61. The minimum Gasteiger partial charge on any atom is -0.497 e. The molecule has 0 saturated carbocycles. The van der Waals surface area contributed by atoms with Crippen LogP contribution in [0.3, 0.4) is 0 Å². The second kappa shape index (κ2) is 10.8. The van der Waals surface area contributed by atoms with E-state index in [0.717, 1.165) is 5.56 Å². The average molecular weight is 453 g/mol. The van der Waals surface area contributed by atoms with Gasteiger partial charge in [-0.3, -0.25) is 9.59 Å². The van der Waals surface area contributed by atoms with Gasteiger partial charge in [0, 0.05) is 5.92 Å². The van der Waals surface area contributed by atoms with Crippen LogP contribution in [0, 0.1) is 11.3 Å². The molecule has 1 aliphatic rings. The van der Waals surface area contributed by atoms with Gasteiger partial charge in [-0.2, -0.15) is 0 Å². The van der Waals surface area contributed by atoms with Crippen molar-refractivity contribution in [2.24, 2.45) is 11.3 Å². The van der Waals surface area contributed by atoms with Crippen molar-refractivity contribution in [3.63, 3.8) is 0 Å². The van der Waals surface area contributed by atoms with Crippen molar-refractivity contribution in [2.75, 3.05) is 21.3 Å². The van der Waals surface area contributed by atoms with Gasteiger partial charge in [-0.1, -0.05) is 36.4 Å². The monoisotopic (exact) mass is 452 g/mol. The van der Waals surface area contributed by atoms with Gasteiger partial charge in [0.05, 0.1) is 26.9 Å². The summed E-state index contributed by atoms with van der Waals surface area (Å²) >= 11 is 0. The van der Waals surface area contributed by atoms with Crippen LogP contribution >= 0.6 is 0 Å². The van der Waals surface area contributed by atoms with Crippen LogP contribution in [-0.2, 0) is 30.2 Å². The first-order valence-electron chi connectivity index (χ1n) is 10.7. The number of benzene rings is 2. The standard InChI is InChI=1S/C26H28O7/c1-30-21-13-9-18(10-14-21)17-26(24(28)31-2,25(29)32-3)20-11-15-22(16-12-20)33-23(27)19-7-5-4-6-8-19/h4-11,13-15,20,22H,12,16-17H2,1-3H3/t20-,22+/m1/s1. The summed E-state index contributed by atoms with van der Waals surface area (Å²) in [6, 6.07) is 15.9. The van der Waals surface area contributed by atoms with E-state index >= 15 is 0 Å².